The summed E-state index contributed by atoms with van der Waals surface area (Å²) in [4.78, 5) is 17.0. The van der Waals surface area contributed by atoms with Crippen LogP contribution in [0.2, 0.25) is 0 Å². The van der Waals surface area contributed by atoms with Crippen molar-refractivity contribution >= 4 is 44.0 Å². The third-order valence-corrected chi connectivity index (χ3v) is 4.48. The fourth-order valence-electron chi connectivity index (χ4n) is 1.88. The molecule has 0 atom stereocenters. The van der Waals surface area contributed by atoms with Crippen molar-refractivity contribution in [1.29, 1.82) is 0 Å². The van der Waals surface area contributed by atoms with Crippen LogP contribution in [0.5, 0.6) is 5.75 Å². The van der Waals surface area contributed by atoms with Gasteiger partial charge in [-0.05, 0) is 52.3 Å². The molecule has 2 aromatic heterocycles. The van der Waals surface area contributed by atoms with Gasteiger partial charge in [0.2, 0.25) is 5.78 Å². The van der Waals surface area contributed by atoms with Gasteiger partial charge >= 0.3 is 0 Å². The normalized spacial score (nSPS) is 10.7. The molecule has 3 rings (SSSR count). The van der Waals surface area contributed by atoms with Crippen molar-refractivity contribution in [2.24, 2.45) is 0 Å². The highest BCUT2D eigenvalue weighted by molar-refractivity contribution is 9.11. The molecule has 2 heterocycles. The number of Topliss-reactive ketones (excluding diaryl/α,β-unsaturated/α-hetero) is 1. The van der Waals surface area contributed by atoms with Crippen molar-refractivity contribution in [2.45, 2.75) is 0 Å². The number of aromatic nitrogens is 1. The molecule has 5 heteroatoms. The van der Waals surface area contributed by atoms with Gasteiger partial charge in [-0.3, -0.25) is 9.78 Å². The lowest BCUT2D eigenvalue weighted by Crippen LogP contribution is -2.10. The minimum atomic E-state index is -0.0263. The first-order chi connectivity index (χ1) is 9.74. The Morgan fingerprint density at radius 2 is 2.10 bits per heavy atom. The van der Waals surface area contributed by atoms with Crippen LogP contribution in [0.3, 0.4) is 0 Å². The second kappa shape index (κ2) is 5.73. The van der Waals surface area contributed by atoms with Crippen LogP contribution in [-0.4, -0.2) is 17.4 Å². The number of carbonyl (C=O) groups excluding carboxylic acids is 1. The van der Waals surface area contributed by atoms with Crippen LogP contribution in [0, 0.1) is 0 Å². The number of carbonyl (C=O) groups is 1. The molecule has 0 aliphatic carbocycles. The van der Waals surface area contributed by atoms with Crippen LogP contribution in [0.25, 0.3) is 10.9 Å². The third kappa shape index (κ3) is 2.73. The molecule has 0 aliphatic rings. The van der Waals surface area contributed by atoms with Crippen LogP contribution in [0.4, 0.5) is 0 Å². The van der Waals surface area contributed by atoms with E-state index < -0.39 is 0 Å². The number of hydrogen-bond acceptors (Lipinski definition) is 4. The molecule has 0 bridgehead atoms. The smallest absolute Gasteiger partial charge is 0.210 e. The molecule has 100 valence electrons. The maximum absolute atomic E-state index is 12.0. The summed E-state index contributed by atoms with van der Waals surface area (Å²) < 4.78 is 6.59. The van der Waals surface area contributed by atoms with Gasteiger partial charge in [0.25, 0.3) is 0 Å². The molecule has 0 N–H and O–H groups in total. The zero-order valence-corrected chi connectivity index (χ0v) is 12.8. The van der Waals surface area contributed by atoms with Crippen LogP contribution in [-0.2, 0) is 0 Å². The Morgan fingerprint density at radius 1 is 1.20 bits per heavy atom. The van der Waals surface area contributed by atoms with Crippen LogP contribution < -0.4 is 4.74 Å². The number of nitrogens with zero attached hydrogens (tertiary/aromatic N) is 1. The van der Waals surface area contributed by atoms with E-state index in [1.165, 1.54) is 11.3 Å². The Balaban J connectivity index is 1.79. The number of hydrogen-bond donors (Lipinski definition) is 0. The number of rotatable bonds is 4. The summed E-state index contributed by atoms with van der Waals surface area (Å²) in [7, 11) is 0. The molecule has 0 saturated carbocycles. The highest BCUT2D eigenvalue weighted by Gasteiger charge is 2.10. The highest BCUT2D eigenvalue weighted by atomic mass is 79.9. The molecule has 0 saturated heterocycles. The van der Waals surface area contributed by atoms with Crippen LogP contribution >= 0.6 is 27.3 Å². The lowest BCUT2D eigenvalue weighted by molar-refractivity contribution is 0.0926. The van der Waals surface area contributed by atoms with E-state index in [-0.39, 0.29) is 12.4 Å². The number of ether oxygens (including phenoxy) is 1. The zero-order valence-electron chi connectivity index (χ0n) is 10.4. The van der Waals surface area contributed by atoms with E-state index in [1.807, 2.05) is 36.4 Å². The molecule has 1 aromatic carbocycles. The molecular formula is C15H10BrNO2S. The minimum absolute atomic E-state index is 0.0263. The SMILES string of the molecule is O=C(COc1cccc2ncccc12)c1ccc(Br)s1. The summed E-state index contributed by atoms with van der Waals surface area (Å²) in [6, 6.07) is 13.1. The number of thiophene rings is 1. The van der Waals surface area contributed by atoms with Gasteiger partial charge in [0.15, 0.2) is 6.61 Å². The molecule has 0 fully saturated rings. The predicted molar refractivity (Wildman–Crippen MR) is 83.6 cm³/mol. The number of pyridine rings is 1. The van der Waals surface area contributed by atoms with Gasteiger partial charge in [-0.1, -0.05) is 6.07 Å². The monoisotopic (exact) mass is 347 g/mol. The fourth-order valence-corrected chi connectivity index (χ4v) is 3.19. The molecule has 20 heavy (non-hydrogen) atoms. The number of fused-ring (bicyclic) bond motifs is 1. The van der Waals surface area contributed by atoms with E-state index in [9.17, 15) is 4.79 Å². The van der Waals surface area contributed by atoms with Gasteiger partial charge in [-0.2, -0.15) is 0 Å². The summed E-state index contributed by atoms with van der Waals surface area (Å²) in [5, 5.41) is 0.912. The lowest BCUT2D eigenvalue weighted by Gasteiger charge is -2.07. The molecule has 3 aromatic rings. The Morgan fingerprint density at radius 3 is 2.90 bits per heavy atom. The zero-order chi connectivity index (χ0) is 13.9. The lowest BCUT2D eigenvalue weighted by atomic mass is 10.2. The molecule has 0 aliphatic heterocycles. The maximum atomic E-state index is 12.0. The van der Waals surface area contributed by atoms with Gasteiger partial charge in [0.1, 0.15) is 5.75 Å². The molecule has 0 radical (unpaired) electrons. The van der Waals surface area contributed by atoms with E-state index in [1.54, 1.807) is 12.3 Å². The Bertz CT molecular complexity index is 764. The fraction of sp³-hybridized carbons (Fsp3) is 0.0667. The standard InChI is InChI=1S/C15H10BrNO2S/c16-15-7-6-14(20-15)12(18)9-19-13-5-1-4-11-10(13)3-2-8-17-11/h1-8H,9H2. The van der Waals surface area contributed by atoms with Gasteiger partial charge < -0.3 is 4.74 Å². The van der Waals surface area contributed by atoms with E-state index in [4.69, 9.17) is 4.74 Å². The first kappa shape index (κ1) is 13.3. The Hall–Kier alpha value is -1.72. The van der Waals surface area contributed by atoms with Gasteiger partial charge in [-0.25, -0.2) is 0 Å². The van der Waals surface area contributed by atoms with Gasteiger partial charge in [0.05, 0.1) is 14.2 Å². The van der Waals surface area contributed by atoms with Crippen molar-refractivity contribution in [3.63, 3.8) is 0 Å². The quantitative estimate of drug-likeness (QED) is 0.659. The number of benzene rings is 1. The van der Waals surface area contributed by atoms with Crippen molar-refractivity contribution in [1.82, 2.24) is 4.98 Å². The molecular weight excluding hydrogens is 338 g/mol. The van der Waals surface area contributed by atoms with E-state index in [2.05, 4.69) is 20.9 Å². The first-order valence-electron chi connectivity index (χ1n) is 5.99. The van der Waals surface area contributed by atoms with Crippen LogP contribution in [0.1, 0.15) is 9.67 Å². The molecule has 0 spiro atoms. The maximum Gasteiger partial charge on any atom is 0.210 e. The highest BCUT2D eigenvalue weighted by Crippen LogP contribution is 2.25. The predicted octanol–water partition coefficient (Wildman–Crippen LogP) is 4.32. The molecule has 3 nitrogen and oxygen atoms in total. The summed E-state index contributed by atoms with van der Waals surface area (Å²) >= 11 is 4.76. The molecule has 0 unspecified atom stereocenters. The van der Waals surface area contributed by atoms with Crippen molar-refractivity contribution in [3.05, 3.63) is 57.3 Å². The Kier molecular flexibility index (Phi) is 3.80. The second-order valence-electron chi connectivity index (χ2n) is 4.14. The average Bonchev–Trinajstić information content (AvgIpc) is 2.91. The van der Waals surface area contributed by atoms with E-state index in [0.717, 1.165) is 14.7 Å². The van der Waals surface area contributed by atoms with Crippen LogP contribution in [0.15, 0.2) is 52.4 Å². The number of halogens is 1. The third-order valence-electron chi connectivity index (χ3n) is 2.81. The largest absolute Gasteiger partial charge is 0.485 e. The van der Waals surface area contributed by atoms with E-state index >= 15 is 0 Å². The summed E-state index contributed by atoms with van der Waals surface area (Å²) in [5.41, 5.74) is 0.858. The topological polar surface area (TPSA) is 39.2 Å². The van der Waals surface area contributed by atoms with Gasteiger partial charge in [-0.15, -0.1) is 11.3 Å². The summed E-state index contributed by atoms with van der Waals surface area (Å²) in [5.74, 6) is 0.654. The van der Waals surface area contributed by atoms with Gasteiger partial charge in [0, 0.05) is 11.6 Å². The molecule has 0 amide bonds. The summed E-state index contributed by atoms with van der Waals surface area (Å²) in [6.07, 6.45) is 1.74. The summed E-state index contributed by atoms with van der Waals surface area (Å²) in [6.45, 7) is 0.0287. The van der Waals surface area contributed by atoms with Crippen molar-refractivity contribution in [2.75, 3.05) is 6.61 Å². The number of ketones is 1. The second-order valence-corrected chi connectivity index (χ2v) is 6.60. The Labute approximate surface area is 128 Å². The first-order valence-corrected chi connectivity index (χ1v) is 7.60. The van der Waals surface area contributed by atoms with E-state index in [0.29, 0.717) is 10.6 Å². The average molecular weight is 348 g/mol. The minimum Gasteiger partial charge on any atom is -0.485 e. The van der Waals surface area contributed by atoms with Crippen molar-refractivity contribution < 1.29 is 9.53 Å². The van der Waals surface area contributed by atoms with Crippen molar-refractivity contribution in [3.8, 4) is 5.75 Å².